The summed E-state index contributed by atoms with van der Waals surface area (Å²) in [5.74, 6) is 0.481. The van der Waals surface area contributed by atoms with Crippen LogP contribution in [0, 0.1) is 0 Å². The number of nitrogens with zero attached hydrogens (tertiary/aromatic N) is 1. The fraction of sp³-hybridized carbons (Fsp3) is 0.579. The van der Waals surface area contributed by atoms with Gasteiger partial charge in [0.2, 0.25) is 5.91 Å². The maximum Gasteiger partial charge on any atom is 0.573 e. The van der Waals surface area contributed by atoms with Crippen LogP contribution in [-0.2, 0) is 11.3 Å². The number of unbranched alkanes of at least 4 members (excludes halogenated alkanes) is 1. The molecule has 1 aromatic carbocycles. The van der Waals surface area contributed by atoms with Crippen LogP contribution in [0.5, 0.6) is 5.75 Å². The summed E-state index contributed by atoms with van der Waals surface area (Å²) in [5.41, 5.74) is 0.304. The third kappa shape index (κ3) is 5.94. The topological polar surface area (TPSA) is 70.7 Å². The van der Waals surface area contributed by atoms with E-state index in [1.165, 1.54) is 23.1 Å². The second-order valence-electron chi connectivity index (χ2n) is 7.27. The van der Waals surface area contributed by atoms with E-state index >= 15 is 0 Å². The molecular weight excluding hydrogens is 407 g/mol. The number of carbonyl (C=O) groups excluding carboxylic acids is 2. The lowest BCUT2D eigenvalue weighted by Gasteiger charge is -2.20. The normalized spacial score (nSPS) is 23.3. The van der Waals surface area contributed by atoms with Gasteiger partial charge < -0.3 is 20.3 Å². The number of hydrogen-bond donors (Lipinski definition) is 2. The van der Waals surface area contributed by atoms with E-state index in [0.29, 0.717) is 23.7 Å². The highest BCUT2D eigenvalue weighted by Gasteiger charge is 2.42. The van der Waals surface area contributed by atoms with Crippen LogP contribution >= 0.6 is 11.8 Å². The third-order valence-electron chi connectivity index (χ3n) is 5.10. The molecule has 29 heavy (non-hydrogen) atoms. The van der Waals surface area contributed by atoms with Crippen molar-refractivity contribution >= 4 is 23.7 Å². The van der Waals surface area contributed by atoms with Crippen molar-refractivity contribution in [3.05, 3.63) is 29.8 Å². The molecule has 10 heteroatoms. The predicted octanol–water partition coefficient (Wildman–Crippen LogP) is 3.27. The fourth-order valence-corrected chi connectivity index (χ4v) is 5.20. The van der Waals surface area contributed by atoms with E-state index in [4.69, 9.17) is 0 Å². The molecule has 1 aromatic rings. The van der Waals surface area contributed by atoms with Crippen LogP contribution in [-0.4, -0.2) is 53.3 Å². The number of amides is 3. The third-order valence-corrected chi connectivity index (χ3v) is 6.61. The Morgan fingerprint density at radius 1 is 1.28 bits per heavy atom. The number of halogens is 3. The first-order valence-electron chi connectivity index (χ1n) is 9.49. The second kappa shape index (κ2) is 9.15. The Hall–Kier alpha value is -2.10. The molecule has 0 aromatic heterocycles. The maximum absolute atomic E-state index is 12.5. The number of thioether (sulfide) groups is 1. The van der Waals surface area contributed by atoms with E-state index in [0.717, 1.165) is 18.6 Å². The first kappa shape index (κ1) is 21.6. The molecule has 0 spiro atoms. The molecule has 0 aliphatic carbocycles. The molecule has 2 N–H and O–H groups in total. The molecule has 6 nitrogen and oxygen atoms in total. The van der Waals surface area contributed by atoms with Crippen molar-refractivity contribution < 1.29 is 27.5 Å². The summed E-state index contributed by atoms with van der Waals surface area (Å²) in [4.78, 5) is 25.2. The monoisotopic (exact) mass is 431 g/mol. The number of alkyl halides is 3. The number of carbonyl (C=O) groups is 2. The Kier molecular flexibility index (Phi) is 6.81. The Morgan fingerprint density at radius 3 is 2.79 bits per heavy atom. The summed E-state index contributed by atoms with van der Waals surface area (Å²) >= 11 is 1.83. The minimum absolute atomic E-state index is 0.0466. The molecule has 0 saturated carbocycles. The Balaban J connectivity index is 1.42. The molecule has 3 amide bonds. The summed E-state index contributed by atoms with van der Waals surface area (Å²) in [6.07, 6.45) is -1.99. The van der Waals surface area contributed by atoms with Crippen molar-refractivity contribution in [2.45, 2.75) is 55.9 Å². The summed E-state index contributed by atoms with van der Waals surface area (Å²) < 4.78 is 41.6. The van der Waals surface area contributed by atoms with E-state index in [1.54, 1.807) is 13.1 Å². The predicted molar refractivity (Wildman–Crippen MR) is 104 cm³/mol. The van der Waals surface area contributed by atoms with E-state index in [2.05, 4.69) is 15.4 Å². The lowest BCUT2D eigenvalue weighted by molar-refractivity contribution is -0.275. The van der Waals surface area contributed by atoms with Crippen molar-refractivity contribution in [3.8, 4) is 5.75 Å². The van der Waals surface area contributed by atoms with Gasteiger partial charge in [0, 0.05) is 36.6 Å². The average Bonchev–Trinajstić information content (AvgIpc) is 3.18. The zero-order valence-electron chi connectivity index (χ0n) is 16.0. The quantitative estimate of drug-likeness (QED) is 0.490. The highest BCUT2D eigenvalue weighted by Crippen LogP contribution is 2.33. The molecule has 0 unspecified atom stereocenters. The molecule has 3 rings (SSSR count). The van der Waals surface area contributed by atoms with Gasteiger partial charge in [0.05, 0.1) is 12.1 Å². The van der Waals surface area contributed by atoms with Crippen molar-refractivity contribution in [1.82, 2.24) is 15.5 Å². The van der Waals surface area contributed by atoms with Gasteiger partial charge in [-0.1, -0.05) is 24.6 Å². The summed E-state index contributed by atoms with van der Waals surface area (Å²) in [7, 11) is 1.57. The van der Waals surface area contributed by atoms with Gasteiger partial charge in [0.1, 0.15) is 5.75 Å². The molecule has 0 radical (unpaired) electrons. The molecule has 160 valence electrons. The van der Waals surface area contributed by atoms with Gasteiger partial charge in [-0.15, -0.1) is 13.2 Å². The van der Waals surface area contributed by atoms with Crippen LogP contribution in [0.1, 0.15) is 31.2 Å². The number of para-hydroxylation sites is 1. The number of rotatable bonds is 8. The van der Waals surface area contributed by atoms with Crippen molar-refractivity contribution in [2.24, 2.45) is 0 Å². The van der Waals surface area contributed by atoms with Crippen LogP contribution in [0.15, 0.2) is 24.3 Å². The van der Waals surface area contributed by atoms with Crippen LogP contribution in [0.25, 0.3) is 0 Å². The molecule has 2 fully saturated rings. The lowest BCUT2D eigenvalue weighted by atomic mass is 10.0. The number of ether oxygens (including phenoxy) is 1. The molecule has 2 aliphatic rings. The van der Waals surface area contributed by atoms with Gasteiger partial charge in [0.25, 0.3) is 0 Å². The largest absolute Gasteiger partial charge is 0.573 e. The van der Waals surface area contributed by atoms with Gasteiger partial charge in [0.15, 0.2) is 0 Å². The number of urea groups is 1. The Morgan fingerprint density at radius 2 is 2.03 bits per heavy atom. The summed E-state index contributed by atoms with van der Waals surface area (Å²) in [6.45, 7) is 0.0466. The van der Waals surface area contributed by atoms with E-state index < -0.39 is 6.36 Å². The Bertz CT molecular complexity index is 747. The average molecular weight is 431 g/mol. The highest BCUT2D eigenvalue weighted by atomic mass is 32.2. The minimum atomic E-state index is -4.77. The number of hydrogen-bond acceptors (Lipinski definition) is 4. The van der Waals surface area contributed by atoms with Gasteiger partial charge in [-0.25, -0.2) is 4.79 Å². The molecule has 2 aliphatic heterocycles. The molecule has 2 heterocycles. The van der Waals surface area contributed by atoms with Crippen LogP contribution < -0.4 is 15.4 Å². The smallest absolute Gasteiger partial charge is 0.405 e. The van der Waals surface area contributed by atoms with E-state index in [-0.39, 0.29) is 36.3 Å². The van der Waals surface area contributed by atoms with Crippen LogP contribution in [0.3, 0.4) is 0 Å². The van der Waals surface area contributed by atoms with Gasteiger partial charge in [-0.3, -0.25) is 4.79 Å². The van der Waals surface area contributed by atoms with E-state index in [1.807, 2.05) is 11.8 Å². The lowest BCUT2D eigenvalue weighted by Crippen LogP contribution is -2.36. The molecular formula is C19H24F3N3O3S. The standard InChI is InChI=1S/C19H24F3N3O3S/c1-25(10-12-6-2-3-7-14(12)28-19(20,21)22)16(26)9-5-4-8-15-17-13(11-29-15)23-18(27)24-17/h2-3,6-7,13,15,17H,4-5,8-11H2,1H3,(H2,23,24,27)/t13-,15-,17-/m0/s1. The second-order valence-corrected chi connectivity index (χ2v) is 8.55. The number of benzene rings is 1. The highest BCUT2D eigenvalue weighted by molar-refractivity contribution is 8.00. The van der Waals surface area contributed by atoms with Crippen molar-refractivity contribution in [3.63, 3.8) is 0 Å². The zero-order chi connectivity index (χ0) is 21.0. The first-order chi connectivity index (χ1) is 13.7. The first-order valence-corrected chi connectivity index (χ1v) is 10.5. The van der Waals surface area contributed by atoms with E-state index in [9.17, 15) is 22.8 Å². The molecule has 2 saturated heterocycles. The van der Waals surface area contributed by atoms with Gasteiger partial charge in [-0.05, 0) is 18.9 Å². The Labute approximate surface area is 171 Å². The number of nitrogens with one attached hydrogen (secondary N) is 2. The molecule has 0 bridgehead atoms. The van der Waals surface area contributed by atoms with Crippen molar-refractivity contribution in [2.75, 3.05) is 12.8 Å². The maximum atomic E-state index is 12.5. The SMILES string of the molecule is CN(Cc1ccccc1OC(F)(F)F)C(=O)CCCC[C@@H]1SC[C@@H]2NC(=O)N[C@@H]21. The zero-order valence-corrected chi connectivity index (χ0v) is 16.8. The number of fused-ring (bicyclic) bond motifs is 1. The van der Waals surface area contributed by atoms with Gasteiger partial charge >= 0.3 is 12.4 Å². The fourth-order valence-electron chi connectivity index (χ4n) is 3.66. The van der Waals surface area contributed by atoms with Crippen molar-refractivity contribution in [1.29, 1.82) is 0 Å². The minimum Gasteiger partial charge on any atom is -0.405 e. The molecule has 3 atom stereocenters. The summed E-state index contributed by atoms with van der Waals surface area (Å²) in [6, 6.07) is 6.05. The summed E-state index contributed by atoms with van der Waals surface area (Å²) in [5, 5.41) is 6.19. The van der Waals surface area contributed by atoms with Crippen LogP contribution in [0.4, 0.5) is 18.0 Å². The van der Waals surface area contributed by atoms with Gasteiger partial charge in [-0.2, -0.15) is 11.8 Å². The van der Waals surface area contributed by atoms with Crippen LogP contribution in [0.2, 0.25) is 0 Å².